The van der Waals surface area contributed by atoms with Crippen molar-refractivity contribution in [2.45, 2.75) is 71.9 Å². The average Bonchev–Trinajstić information content (AvgIpc) is 3.70. The van der Waals surface area contributed by atoms with Crippen molar-refractivity contribution in [3.8, 4) is 5.69 Å². The van der Waals surface area contributed by atoms with Gasteiger partial charge in [0.2, 0.25) is 0 Å². The van der Waals surface area contributed by atoms with Crippen LogP contribution in [0.3, 0.4) is 0 Å². The van der Waals surface area contributed by atoms with E-state index in [-0.39, 0.29) is 29.7 Å². The number of nitrogens with zero attached hydrogens (tertiary/aromatic N) is 7. The van der Waals surface area contributed by atoms with Gasteiger partial charge in [0.25, 0.3) is 17.7 Å². The third kappa shape index (κ3) is 7.01. The van der Waals surface area contributed by atoms with Crippen LogP contribution < -0.4 is 5.32 Å². The summed E-state index contributed by atoms with van der Waals surface area (Å²) in [4.78, 5) is 50.1. The maximum Gasteiger partial charge on any atom is 0.276 e. The van der Waals surface area contributed by atoms with E-state index in [2.05, 4.69) is 29.2 Å². The van der Waals surface area contributed by atoms with Crippen LogP contribution in [0.2, 0.25) is 0 Å². The predicted molar refractivity (Wildman–Crippen MR) is 196 cm³/mol. The van der Waals surface area contributed by atoms with Crippen LogP contribution in [0.15, 0.2) is 66.9 Å². The quantitative estimate of drug-likeness (QED) is 0.171. The molecular weight excluding hydrogens is 644 g/mol. The number of fused-ring (bicyclic) bond motifs is 2. The van der Waals surface area contributed by atoms with Crippen LogP contribution in [0.5, 0.6) is 0 Å². The van der Waals surface area contributed by atoms with Gasteiger partial charge in [0, 0.05) is 44.3 Å². The van der Waals surface area contributed by atoms with Gasteiger partial charge in [0.1, 0.15) is 0 Å². The lowest BCUT2D eigenvalue weighted by molar-refractivity contribution is 0.0219. The number of carbonyl (C=O) groups excluding carboxylic acids is 3. The molecule has 12 nitrogen and oxygen atoms in total. The van der Waals surface area contributed by atoms with Crippen molar-refractivity contribution in [2.75, 3.05) is 25.0 Å². The number of unbranched alkanes of at least 4 members (excludes halogenated alkanes) is 2. The molecule has 0 bridgehead atoms. The van der Waals surface area contributed by atoms with Gasteiger partial charge < -0.3 is 20.2 Å². The summed E-state index contributed by atoms with van der Waals surface area (Å²) in [5.41, 5.74) is 4.05. The highest BCUT2D eigenvalue weighted by atomic mass is 16.3. The van der Waals surface area contributed by atoms with Crippen LogP contribution in [0.1, 0.15) is 94.6 Å². The summed E-state index contributed by atoms with van der Waals surface area (Å²) in [5, 5.41) is 23.4. The fraction of sp³-hybridized carbons (Fsp3) is 0.385. The van der Waals surface area contributed by atoms with Crippen LogP contribution in [0.25, 0.3) is 16.7 Å². The Morgan fingerprint density at radius 1 is 0.961 bits per heavy atom. The zero-order chi connectivity index (χ0) is 36.3. The number of aromatic nitrogens is 5. The highest BCUT2D eigenvalue weighted by molar-refractivity contribution is 6.11. The van der Waals surface area contributed by atoms with E-state index >= 15 is 0 Å². The third-order valence-electron chi connectivity index (χ3n) is 9.74. The molecule has 3 amide bonds. The molecule has 2 N–H and O–H groups in total. The van der Waals surface area contributed by atoms with Crippen molar-refractivity contribution in [3.63, 3.8) is 0 Å². The highest BCUT2D eigenvalue weighted by Crippen LogP contribution is 2.34. The van der Waals surface area contributed by atoms with Crippen LogP contribution >= 0.6 is 0 Å². The zero-order valence-electron chi connectivity index (χ0n) is 30.0. The maximum atomic E-state index is 14.8. The molecule has 3 aromatic heterocycles. The number of carbonyl (C=O) groups is 3. The maximum absolute atomic E-state index is 14.8. The average molecular weight is 691 g/mol. The number of hydrogen-bond acceptors (Lipinski definition) is 7. The molecule has 6 rings (SSSR count). The fourth-order valence-corrected chi connectivity index (χ4v) is 6.77. The molecule has 0 saturated carbocycles. The van der Waals surface area contributed by atoms with Crippen molar-refractivity contribution in [2.24, 2.45) is 7.05 Å². The number of pyridine rings is 1. The van der Waals surface area contributed by atoms with E-state index < -0.39 is 11.4 Å². The van der Waals surface area contributed by atoms with Gasteiger partial charge in [-0.25, -0.2) is 14.3 Å². The molecule has 1 atom stereocenters. The first-order chi connectivity index (χ1) is 24.6. The fourth-order valence-electron chi connectivity index (χ4n) is 6.77. The van der Waals surface area contributed by atoms with E-state index in [0.29, 0.717) is 59.9 Å². The minimum Gasteiger partial charge on any atom is -0.394 e. The van der Waals surface area contributed by atoms with Crippen molar-refractivity contribution in [1.29, 1.82) is 0 Å². The largest absolute Gasteiger partial charge is 0.394 e. The molecule has 1 aliphatic rings. The van der Waals surface area contributed by atoms with Gasteiger partial charge in [-0.1, -0.05) is 51.0 Å². The molecule has 5 aromatic rings. The lowest BCUT2D eigenvalue weighted by atomic mass is 9.84. The Labute approximate surface area is 298 Å². The SMILES string of the molecule is CCCCN(CCCC)C(=O)c1cc(C)n(-c2ccc(NC(=O)c3nn(C)c4ncccc34)cc2C(=O)N2Cc3ccccc3CC2(C)CO)n1. The van der Waals surface area contributed by atoms with E-state index in [9.17, 15) is 19.5 Å². The summed E-state index contributed by atoms with van der Waals surface area (Å²) in [5.74, 6) is -0.933. The second-order valence-corrected chi connectivity index (χ2v) is 13.6. The Hall–Kier alpha value is -5.36. The first kappa shape index (κ1) is 35.5. The van der Waals surface area contributed by atoms with Crippen molar-refractivity contribution < 1.29 is 19.5 Å². The number of anilines is 1. The summed E-state index contributed by atoms with van der Waals surface area (Å²) in [6.45, 7) is 9.28. The highest BCUT2D eigenvalue weighted by Gasteiger charge is 2.40. The summed E-state index contributed by atoms with van der Waals surface area (Å²) < 4.78 is 3.17. The van der Waals surface area contributed by atoms with Gasteiger partial charge in [-0.3, -0.25) is 14.4 Å². The lowest BCUT2D eigenvalue weighted by Gasteiger charge is -2.44. The number of hydrogen-bond donors (Lipinski definition) is 2. The number of aliphatic hydroxyl groups is 1. The molecule has 1 unspecified atom stereocenters. The van der Waals surface area contributed by atoms with E-state index in [1.54, 1.807) is 63.9 Å². The van der Waals surface area contributed by atoms with Crippen molar-refractivity contribution >= 4 is 34.4 Å². The predicted octanol–water partition coefficient (Wildman–Crippen LogP) is 5.71. The van der Waals surface area contributed by atoms with Crippen LogP contribution in [0, 0.1) is 6.92 Å². The topological polar surface area (TPSA) is 138 Å². The molecule has 0 saturated heterocycles. The Kier molecular flexibility index (Phi) is 10.3. The first-order valence-corrected chi connectivity index (χ1v) is 17.7. The van der Waals surface area contributed by atoms with E-state index in [1.807, 2.05) is 43.0 Å². The zero-order valence-corrected chi connectivity index (χ0v) is 30.0. The molecule has 51 heavy (non-hydrogen) atoms. The molecule has 0 radical (unpaired) electrons. The van der Waals surface area contributed by atoms with Crippen LogP contribution in [0.4, 0.5) is 5.69 Å². The van der Waals surface area contributed by atoms with E-state index in [1.165, 1.54) is 0 Å². The van der Waals surface area contributed by atoms with Gasteiger partial charge >= 0.3 is 0 Å². The van der Waals surface area contributed by atoms with E-state index in [4.69, 9.17) is 5.10 Å². The Morgan fingerprint density at radius 3 is 2.39 bits per heavy atom. The van der Waals surface area contributed by atoms with Gasteiger partial charge in [0.05, 0.1) is 28.8 Å². The number of nitrogens with one attached hydrogen (secondary N) is 1. The molecule has 0 spiro atoms. The summed E-state index contributed by atoms with van der Waals surface area (Å²) in [7, 11) is 1.73. The van der Waals surface area contributed by atoms with Crippen molar-refractivity contribution in [3.05, 3.63) is 101 Å². The standard InChI is InChI=1S/C39H46N8O4/c1-6-8-19-45(20-9-7-2)38(51)32-21-26(3)47(42-32)33-17-16-29(41-36(49)34-30-15-12-18-40-35(30)44(5)43-34)22-31(33)37(50)46-24-28-14-11-10-13-27(28)23-39(46,4)25-48/h10-18,21-22,48H,6-9,19-20,23-25H2,1-5H3,(H,41,49). The third-order valence-corrected chi connectivity index (χ3v) is 9.74. The second kappa shape index (κ2) is 14.9. The Morgan fingerprint density at radius 2 is 1.69 bits per heavy atom. The number of amides is 3. The molecule has 0 aliphatic carbocycles. The first-order valence-electron chi connectivity index (χ1n) is 17.7. The molecule has 1 aliphatic heterocycles. The monoisotopic (exact) mass is 690 g/mol. The Bertz CT molecular complexity index is 2080. The van der Waals surface area contributed by atoms with E-state index in [0.717, 1.165) is 36.8 Å². The lowest BCUT2D eigenvalue weighted by Crippen LogP contribution is -2.55. The molecule has 266 valence electrons. The molecule has 12 heteroatoms. The Balaban J connectivity index is 1.41. The number of rotatable bonds is 12. The number of aryl methyl sites for hydroxylation is 2. The summed E-state index contributed by atoms with van der Waals surface area (Å²) >= 11 is 0. The van der Waals surface area contributed by atoms with Gasteiger partial charge in [-0.2, -0.15) is 10.2 Å². The summed E-state index contributed by atoms with van der Waals surface area (Å²) in [6, 6.07) is 18.3. The molecule has 4 heterocycles. The van der Waals surface area contributed by atoms with Gasteiger partial charge in [0.15, 0.2) is 17.0 Å². The minimum absolute atomic E-state index is 0.145. The molecule has 0 fully saturated rings. The molecular formula is C39H46N8O4. The van der Waals surface area contributed by atoms with Crippen molar-refractivity contribution in [1.82, 2.24) is 34.3 Å². The molecule has 2 aromatic carbocycles. The second-order valence-electron chi connectivity index (χ2n) is 13.6. The van der Waals surface area contributed by atoms with Gasteiger partial charge in [-0.05, 0) is 80.6 Å². The minimum atomic E-state index is -0.888. The van der Waals surface area contributed by atoms with Gasteiger partial charge in [-0.15, -0.1) is 0 Å². The smallest absolute Gasteiger partial charge is 0.276 e. The normalized spacial score (nSPS) is 15.5. The number of benzene rings is 2. The number of aliphatic hydroxyl groups excluding tert-OH is 1. The van der Waals surface area contributed by atoms with Crippen LogP contribution in [-0.2, 0) is 20.0 Å². The van der Waals surface area contributed by atoms with Crippen LogP contribution in [-0.4, -0.2) is 82.4 Å². The summed E-state index contributed by atoms with van der Waals surface area (Å²) in [6.07, 6.45) is 5.86.